The molecule has 8 nitrogen and oxygen atoms in total. The van der Waals surface area contributed by atoms with Gasteiger partial charge in [-0.05, 0) is 63.6 Å². The van der Waals surface area contributed by atoms with Gasteiger partial charge in [0, 0.05) is 23.0 Å². The number of para-hydroxylation sites is 1. The van der Waals surface area contributed by atoms with Crippen LogP contribution in [0.15, 0.2) is 75.8 Å². The molecule has 4 rings (SSSR count). The number of aliphatic hydroxyl groups is 1. The van der Waals surface area contributed by atoms with Gasteiger partial charge in [-0.1, -0.05) is 36.0 Å². The number of nitro benzene ring substituents is 1. The lowest BCUT2D eigenvalue weighted by atomic mass is 10.1. The number of carbonyl (C=O) groups excluding carboxylic acids is 1. The van der Waals surface area contributed by atoms with Crippen LogP contribution in [0.5, 0.6) is 0 Å². The van der Waals surface area contributed by atoms with E-state index >= 15 is 0 Å². The zero-order valence-corrected chi connectivity index (χ0v) is 21.1. The third kappa shape index (κ3) is 4.83. The molecule has 1 aliphatic heterocycles. The van der Waals surface area contributed by atoms with E-state index in [0.29, 0.717) is 26.9 Å². The van der Waals surface area contributed by atoms with Crippen LogP contribution in [0.3, 0.4) is 0 Å². The minimum Gasteiger partial charge on any atom is -0.506 e. The zero-order chi connectivity index (χ0) is 26.0. The Balaban J connectivity index is 1.78. The zero-order valence-electron chi connectivity index (χ0n) is 20.3. The minimum atomic E-state index is -0.641. The van der Waals surface area contributed by atoms with Crippen molar-refractivity contribution in [2.24, 2.45) is 4.99 Å². The van der Waals surface area contributed by atoms with Gasteiger partial charge >= 0.3 is 5.97 Å². The summed E-state index contributed by atoms with van der Waals surface area (Å²) in [6.45, 7) is 7.38. The van der Waals surface area contributed by atoms with Crippen LogP contribution in [0.2, 0.25) is 0 Å². The first kappa shape index (κ1) is 25.0. The number of aliphatic imine (C=N–C) groups is 1. The number of carbonyl (C=O) groups is 1. The van der Waals surface area contributed by atoms with Crippen molar-refractivity contribution >= 4 is 40.2 Å². The number of aliphatic hydroxyl groups excluding tert-OH is 1. The van der Waals surface area contributed by atoms with Crippen LogP contribution in [-0.4, -0.2) is 32.2 Å². The first-order chi connectivity index (χ1) is 17.2. The molecule has 0 aliphatic carbocycles. The third-order valence-electron chi connectivity index (χ3n) is 5.76. The van der Waals surface area contributed by atoms with E-state index in [0.717, 1.165) is 17.0 Å². The Morgan fingerprint density at radius 1 is 1.17 bits per heavy atom. The van der Waals surface area contributed by atoms with Crippen molar-refractivity contribution in [2.45, 2.75) is 27.7 Å². The van der Waals surface area contributed by atoms with E-state index in [1.165, 1.54) is 11.8 Å². The summed E-state index contributed by atoms with van der Waals surface area (Å²) in [5.41, 5.74) is 4.48. The second-order valence-electron chi connectivity index (χ2n) is 8.20. The van der Waals surface area contributed by atoms with Crippen molar-refractivity contribution in [3.8, 4) is 5.69 Å². The minimum absolute atomic E-state index is 0.0277. The summed E-state index contributed by atoms with van der Waals surface area (Å²) in [5, 5.41) is 22.8. The second kappa shape index (κ2) is 10.2. The topological polar surface area (TPSA) is 107 Å². The molecule has 0 bridgehead atoms. The Bertz CT molecular complexity index is 1450. The van der Waals surface area contributed by atoms with E-state index in [9.17, 15) is 20.0 Å². The van der Waals surface area contributed by atoms with E-state index in [2.05, 4.69) is 4.99 Å². The number of aromatic nitrogens is 1. The Hall–Kier alpha value is -4.11. The molecule has 1 N–H and O–H groups in total. The Kier molecular flexibility index (Phi) is 7.12. The number of ether oxygens (including phenoxy) is 1. The molecule has 0 saturated carbocycles. The van der Waals surface area contributed by atoms with Crippen LogP contribution in [0.1, 0.15) is 29.4 Å². The Morgan fingerprint density at radius 3 is 2.56 bits per heavy atom. The fourth-order valence-electron chi connectivity index (χ4n) is 4.02. The molecule has 1 aliphatic rings. The summed E-state index contributed by atoms with van der Waals surface area (Å²) in [6.07, 6.45) is 1.79. The predicted octanol–water partition coefficient (Wildman–Crippen LogP) is 6.50. The number of rotatable bonds is 6. The number of benzene rings is 2. The molecule has 36 heavy (non-hydrogen) atoms. The second-order valence-corrected chi connectivity index (χ2v) is 9.23. The largest absolute Gasteiger partial charge is 0.506 e. The lowest BCUT2D eigenvalue weighted by molar-refractivity contribution is -0.385. The van der Waals surface area contributed by atoms with Crippen molar-refractivity contribution in [3.63, 3.8) is 0 Å². The van der Waals surface area contributed by atoms with Gasteiger partial charge in [0.15, 0.2) is 0 Å². The molecule has 0 unspecified atom stereocenters. The average Bonchev–Trinajstić information content (AvgIpc) is 3.29. The molecule has 184 valence electrons. The van der Waals surface area contributed by atoms with Gasteiger partial charge in [0.1, 0.15) is 16.4 Å². The van der Waals surface area contributed by atoms with Crippen LogP contribution in [0.4, 0.5) is 11.4 Å². The number of thioether (sulfide) groups is 1. The molecule has 0 fully saturated rings. The summed E-state index contributed by atoms with van der Waals surface area (Å²) in [6, 6.07) is 16.2. The van der Waals surface area contributed by atoms with Crippen molar-refractivity contribution in [1.82, 2.24) is 4.57 Å². The van der Waals surface area contributed by atoms with Gasteiger partial charge in [0.05, 0.1) is 27.8 Å². The molecule has 0 saturated heterocycles. The first-order valence-electron chi connectivity index (χ1n) is 11.3. The van der Waals surface area contributed by atoms with Gasteiger partial charge in [0.2, 0.25) is 0 Å². The third-order valence-corrected chi connectivity index (χ3v) is 6.78. The fraction of sp³-hybridized carbons (Fsp3) is 0.185. The van der Waals surface area contributed by atoms with Crippen LogP contribution in [0.25, 0.3) is 11.8 Å². The lowest BCUT2D eigenvalue weighted by Crippen LogP contribution is -2.12. The number of esters is 1. The molecule has 1 aromatic heterocycles. The van der Waals surface area contributed by atoms with E-state index < -0.39 is 10.9 Å². The molecule has 2 heterocycles. The molecule has 2 aromatic carbocycles. The average molecular weight is 504 g/mol. The molecule has 9 heteroatoms. The van der Waals surface area contributed by atoms with Crippen molar-refractivity contribution in [3.05, 3.63) is 103 Å². The maximum absolute atomic E-state index is 12.7. The number of hydrogen-bond acceptors (Lipinski definition) is 7. The lowest BCUT2D eigenvalue weighted by Gasteiger charge is -2.10. The summed E-state index contributed by atoms with van der Waals surface area (Å²) in [7, 11) is 0. The molecule has 0 amide bonds. The van der Waals surface area contributed by atoms with Crippen molar-refractivity contribution < 1.29 is 19.6 Å². The SMILES string of the molecule is CCOC(=O)C1=C(O)/C(=C/c2cc(C)n(-c3ccc(C)c([N+](=O)[O-])c3)c2C)SC1=Nc1ccccc1. The van der Waals surface area contributed by atoms with Crippen LogP contribution in [0, 0.1) is 30.9 Å². The van der Waals surface area contributed by atoms with E-state index in [1.54, 1.807) is 32.1 Å². The number of aryl methyl sites for hydroxylation is 2. The smallest absolute Gasteiger partial charge is 0.344 e. The van der Waals surface area contributed by atoms with Gasteiger partial charge in [-0.15, -0.1) is 0 Å². The van der Waals surface area contributed by atoms with Gasteiger partial charge in [0.25, 0.3) is 5.69 Å². The number of nitrogens with zero attached hydrogens (tertiary/aromatic N) is 3. The van der Waals surface area contributed by atoms with Crippen molar-refractivity contribution in [1.29, 1.82) is 0 Å². The quantitative estimate of drug-likeness (QED) is 0.234. The highest BCUT2D eigenvalue weighted by molar-refractivity contribution is 8.18. The predicted molar refractivity (Wildman–Crippen MR) is 142 cm³/mol. The number of hydrogen-bond donors (Lipinski definition) is 1. The van der Waals surface area contributed by atoms with Gasteiger partial charge < -0.3 is 14.4 Å². The molecule has 0 spiro atoms. The van der Waals surface area contributed by atoms with Crippen molar-refractivity contribution in [2.75, 3.05) is 6.61 Å². The summed E-state index contributed by atoms with van der Waals surface area (Å²) >= 11 is 1.19. The first-order valence-corrected chi connectivity index (χ1v) is 12.1. The Labute approximate surface area is 212 Å². The monoisotopic (exact) mass is 503 g/mol. The van der Waals surface area contributed by atoms with Crippen LogP contribution >= 0.6 is 11.8 Å². The van der Waals surface area contributed by atoms with Gasteiger partial charge in [-0.3, -0.25) is 10.1 Å². The highest BCUT2D eigenvalue weighted by atomic mass is 32.2. The number of nitro groups is 1. The van der Waals surface area contributed by atoms with E-state index in [4.69, 9.17) is 4.74 Å². The Morgan fingerprint density at radius 2 is 1.89 bits per heavy atom. The molecular weight excluding hydrogens is 478 g/mol. The molecule has 3 aromatic rings. The molecular formula is C27H25N3O5S. The highest BCUT2D eigenvalue weighted by Gasteiger charge is 2.33. The highest BCUT2D eigenvalue weighted by Crippen LogP contribution is 2.41. The van der Waals surface area contributed by atoms with E-state index in [-0.39, 0.29) is 23.6 Å². The van der Waals surface area contributed by atoms with Gasteiger partial charge in [-0.25, -0.2) is 9.79 Å². The van der Waals surface area contributed by atoms with Crippen LogP contribution < -0.4 is 0 Å². The maximum Gasteiger partial charge on any atom is 0.344 e. The maximum atomic E-state index is 12.7. The standard InChI is InChI=1S/C27H25N3O5S/c1-5-35-27(32)24-25(31)23(36-26(24)28-20-9-7-6-8-10-20)14-19-13-17(3)29(18(19)4)21-12-11-16(2)22(15-21)30(33)34/h6-15,31H,5H2,1-4H3/b23-14-,28-26?. The molecule has 0 atom stereocenters. The summed E-state index contributed by atoms with van der Waals surface area (Å²) in [5.74, 6) is -0.832. The van der Waals surface area contributed by atoms with Gasteiger partial charge in [-0.2, -0.15) is 0 Å². The summed E-state index contributed by atoms with van der Waals surface area (Å²) < 4.78 is 7.09. The summed E-state index contributed by atoms with van der Waals surface area (Å²) in [4.78, 5) is 28.7. The fourth-order valence-corrected chi connectivity index (χ4v) is 5.04. The molecule has 0 radical (unpaired) electrons. The normalized spacial score (nSPS) is 15.7. The van der Waals surface area contributed by atoms with Crippen LogP contribution in [-0.2, 0) is 9.53 Å². The van der Waals surface area contributed by atoms with E-state index in [1.807, 2.05) is 60.9 Å².